The highest BCUT2D eigenvalue weighted by Crippen LogP contribution is 2.23. The lowest BCUT2D eigenvalue weighted by molar-refractivity contribution is -0.151. The van der Waals surface area contributed by atoms with Gasteiger partial charge in [-0.2, -0.15) is 0 Å². The average molecular weight is 265 g/mol. The van der Waals surface area contributed by atoms with Gasteiger partial charge in [0.05, 0.1) is 12.5 Å². The first-order valence-electron chi connectivity index (χ1n) is 6.02. The molecule has 1 heterocycles. The minimum absolute atomic E-state index is 0. The molecular weight excluding hydrogens is 240 g/mol. The van der Waals surface area contributed by atoms with Gasteiger partial charge in [-0.15, -0.1) is 12.4 Å². The highest BCUT2D eigenvalue weighted by Gasteiger charge is 2.29. The molecule has 2 N–H and O–H groups in total. The highest BCUT2D eigenvalue weighted by molar-refractivity contribution is 5.85. The standard InChI is InChI=1S/C12H24N2O2.ClH/c1-12(2,11(15)16-3)6-8-14-7-4-5-10(13)9-14;/h10H,4-9,13H2,1-3H3;1H/t10-;/m1./s1. The molecule has 0 aromatic carbocycles. The van der Waals surface area contributed by atoms with Crippen molar-refractivity contribution >= 4 is 18.4 Å². The number of rotatable bonds is 4. The van der Waals surface area contributed by atoms with Crippen LogP contribution >= 0.6 is 12.4 Å². The van der Waals surface area contributed by atoms with E-state index in [9.17, 15) is 4.79 Å². The van der Waals surface area contributed by atoms with Gasteiger partial charge in [0.15, 0.2) is 0 Å². The molecule has 0 saturated carbocycles. The van der Waals surface area contributed by atoms with E-state index in [-0.39, 0.29) is 18.4 Å². The maximum absolute atomic E-state index is 11.5. The van der Waals surface area contributed by atoms with Crippen LogP contribution in [0.4, 0.5) is 0 Å². The number of hydrogen-bond donors (Lipinski definition) is 1. The van der Waals surface area contributed by atoms with E-state index >= 15 is 0 Å². The molecular formula is C12H25ClN2O2. The summed E-state index contributed by atoms with van der Waals surface area (Å²) < 4.78 is 4.79. The lowest BCUT2D eigenvalue weighted by Gasteiger charge is -2.32. The van der Waals surface area contributed by atoms with Crippen molar-refractivity contribution in [1.82, 2.24) is 4.90 Å². The Hall–Kier alpha value is -0.320. The van der Waals surface area contributed by atoms with Crippen molar-refractivity contribution in [2.24, 2.45) is 11.1 Å². The third kappa shape index (κ3) is 5.23. The molecule has 1 aliphatic rings. The van der Waals surface area contributed by atoms with Crippen molar-refractivity contribution in [2.75, 3.05) is 26.7 Å². The van der Waals surface area contributed by atoms with Gasteiger partial charge in [-0.25, -0.2) is 0 Å². The van der Waals surface area contributed by atoms with Crippen molar-refractivity contribution in [3.63, 3.8) is 0 Å². The van der Waals surface area contributed by atoms with Crippen LogP contribution in [-0.4, -0.2) is 43.7 Å². The number of nitrogens with zero attached hydrogens (tertiary/aromatic N) is 1. The predicted molar refractivity (Wildman–Crippen MR) is 71.3 cm³/mol. The van der Waals surface area contributed by atoms with Gasteiger partial charge >= 0.3 is 5.97 Å². The minimum atomic E-state index is -0.393. The molecule has 0 aliphatic carbocycles. The van der Waals surface area contributed by atoms with Crippen LogP contribution < -0.4 is 5.73 Å². The lowest BCUT2D eigenvalue weighted by atomic mass is 9.89. The molecule has 1 atom stereocenters. The van der Waals surface area contributed by atoms with Crippen LogP contribution in [0.3, 0.4) is 0 Å². The summed E-state index contributed by atoms with van der Waals surface area (Å²) in [7, 11) is 1.45. The van der Waals surface area contributed by atoms with Crippen LogP contribution in [-0.2, 0) is 9.53 Å². The Bertz CT molecular complexity index is 247. The number of carbonyl (C=O) groups is 1. The minimum Gasteiger partial charge on any atom is -0.469 e. The summed E-state index contributed by atoms with van der Waals surface area (Å²) in [6.07, 6.45) is 3.11. The molecule has 0 unspecified atom stereocenters. The summed E-state index contributed by atoms with van der Waals surface area (Å²) in [5.74, 6) is -0.131. The molecule has 17 heavy (non-hydrogen) atoms. The van der Waals surface area contributed by atoms with Gasteiger partial charge in [-0.3, -0.25) is 4.79 Å². The number of piperidine rings is 1. The molecule has 1 aliphatic heterocycles. The van der Waals surface area contributed by atoms with Crippen LogP contribution in [0.1, 0.15) is 33.1 Å². The molecule has 1 fully saturated rings. The summed E-state index contributed by atoms with van der Waals surface area (Å²) in [5, 5.41) is 0. The van der Waals surface area contributed by atoms with Crippen molar-refractivity contribution in [3.8, 4) is 0 Å². The highest BCUT2D eigenvalue weighted by atomic mass is 35.5. The average Bonchev–Trinajstić information content (AvgIpc) is 2.25. The number of carbonyl (C=O) groups excluding carboxylic acids is 1. The van der Waals surface area contributed by atoms with E-state index < -0.39 is 5.41 Å². The van der Waals surface area contributed by atoms with Crippen molar-refractivity contribution in [2.45, 2.75) is 39.2 Å². The first-order chi connectivity index (χ1) is 7.45. The van der Waals surface area contributed by atoms with Crippen molar-refractivity contribution < 1.29 is 9.53 Å². The number of hydrogen-bond acceptors (Lipinski definition) is 4. The van der Waals surface area contributed by atoms with Gasteiger partial charge < -0.3 is 15.4 Å². The van der Waals surface area contributed by atoms with E-state index in [1.165, 1.54) is 13.5 Å². The fourth-order valence-electron chi connectivity index (χ4n) is 2.11. The molecule has 0 aromatic rings. The topological polar surface area (TPSA) is 55.6 Å². The van der Waals surface area contributed by atoms with Gasteiger partial charge in [-0.1, -0.05) is 0 Å². The summed E-state index contributed by atoms with van der Waals surface area (Å²) in [6.45, 7) is 6.85. The van der Waals surface area contributed by atoms with E-state index in [4.69, 9.17) is 10.5 Å². The van der Waals surface area contributed by atoms with Gasteiger partial charge in [0.1, 0.15) is 0 Å². The molecule has 1 rings (SSSR count). The summed E-state index contributed by atoms with van der Waals surface area (Å²) in [5.41, 5.74) is 5.52. The van der Waals surface area contributed by atoms with Crippen molar-refractivity contribution in [1.29, 1.82) is 0 Å². The maximum Gasteiger partial charge on any atom is 0.311 e. The predicted octanol–water partition coefficient (Wildman–Crippen LogP) is 1.42. The second-order valence-electron chi connectivity index (χ2n) is 5.33. The summed E-state index contributed by atoms with van der Waals surface area (Å²) in [6, 6.07) is 0.301. The fraction of sp³-hybridized carbons (Fsp3) is 0.917. The Labute approximate surface area is 110 Å². The van der Waals surface area contributed by atoms with E-state index in [2.05, 4.69) is 4.90 Å². The molecule has 0 aromatic heterocycles. The monoisotopic (exact) mass is 264 g/mol. The Morgan fingerprint density at radius 1 is 1.53 bits per heavy atom. The zero-order valence-corrected chi connectivity index (χ0v) is 11.9. The number of methoxy groups -OCH3 is 1. The molecule has 1 saturated heterocycles. The van der Waals surface area contributed by atoms with Gasteiger partial charge in [-0.05, 0) is 46.2 Å². The molecule has 0 amide bonds. The lowest BCUT2D eigenvalue weighted by Crippen LogP contribution is -2.44. The van der Waals surface area contributed by atoms with E-state index in [1.807, 2.05) is 13.8 Å². The third-order valence-electron chi connectivity index (χ3n) is 3.33. The van der Waals surface area contributed by atoms with E-state index in [0.717, 1.165) is 32.5 Å². The zero-order valence-electron chi connectivity index (χ0n) is 11.1. The van der Waals surface area contributed by atoms with Crippen molar-refractivity contribution in [3.05, 3.63) is 0 Å². The number of esters is 1. The van der Waals surface area contributed by atoms with Gasteiger partial charge in [0.2, 0.25) is 0 Å². The number of ether oxygens (including phenoxy) is 1. The molecule has 0 radical (unpaired) electrons. The summed E-state index contributed by atoms with van der Waals surface area (Å²) in [4.78, 5) is 13.9. The first-order valence-corrected chi connectivity index (χ1v) is 6.02. The third-order valence-corrected chi connectivity index (χ3v) is 3.33. The fourth-order valence-corrected chi connectivity index (χ4v) is 2.11. The molecule has 0 spiro atoms. The largest absolute Gasteiger partial charge is 0.469 e. The van der Waals surface area contributed by atoms with Gasteiger partial charge in [0, 0.05) is 12.6 Å². The SMILES string of the molecule is COC(=O)C(C)(C)CCN1CCC[C@@H](N)C1.Cl. The van der Waals surface area contributed by atoms with Crippen LogP contribution in [0.15, 0.2) is 0 Å². The zero-order chi connectivity index (χ0) is 12.2. The Kier molecular flexibility index (Phi) is 7.05. The smallest absolute Gasteiger partial charge is 0.311 e. The van der Waals surface area contributed by atoms with Crippen LogP contribution in [0, 0.1) is 5.41 Å². The van der Waals surface area contributed by atoms with Crippen LogP contribution in [0.2, 0.25) is 0 Å². The van der Waals surface area contributed by atoms with Crippen LogP contribution in [0.5, 0.6) is 0 Å². The Balaban J connectivity index is 0.00000256. The summed E-state index contributed by atoms with van der Waals surface area (Å²) >= 11 is 0. The second-order valence-corrected chi connectivity index (χ2v) is 5.33. The number of nitrogens with two attached hydrogens (primary N) is 1. The Morgan fingerprint density at radius 2 is 2.18 bits per heavy atom. The van der Waals surface area contributed by atoms with Gasteiger partial charge in [0.25, 0.3) is 0 Å². The maximum atomic E-state index is 11.5. The Morgan fingerprint density at radius 3 is 2.71 bits per heavy atom. The molecule has 102 valence electrons. The molecule has 0 bridgehead atoms. The van der Waals surface area contributed by atoms with E-state index in [0.29, 0.717) is 6.04 Å². The molecule has 4 nitrogen and oxygen atoms in total. The van der Waals surface area contributed by atoms with E-state index in [1.54, 1.807) is 0 Å². The quantitative estimate of drug-likeness (QED) is 0.781. The number of halogens is 1. The first kappa shape index (κ1) is 16.7. The van der Waals surface area contributed by atoms with Crippen LogP contribution in [0.25, 0.3) is 0 Å². The number of likely N-dealkylation sites (tertiary alicyclic amines) is 1. The normalized spacial score (nSPS) is 21.8. The second kappa shape index (κ2) is 7.19. The molecule has 5 heteroatoms.